The van der Waals surface area contributed by atoms with Gasteiger partial charge in [0.2, 0.25) is 10.0 Å². The van der Waals surface area contributed by atoms with Gasteiger partial charge < -0.3 is 18.9 Å². The minimum absolute atomic E-state index is 0.0805. The number of aryl methyl sites for hydroxylation is 1. The van der Waals surface area contributed by atoms with E-state index in [1.807, 2.05) is 50.1 Å². The van der Waals surface area contributed by atoms with E-state index >= 15 is 0 Å². The van der Waals surface area contributed by atoms with Gasteiger partial charge in [0.25, 0.3) is 11.8 Å². The van der Waals surface area contributed by atoms with Gasteiger partial charge >= 0.3 is 0 Å². The van der Waals surface area contributed by atoms with Gasteiger partial charge in [-0.3, -0.25) is 14.3 Å². The highest BCUT2D eigenvalue weighted by Gasteiger charge is 2.34. The van der Waals surface area contributed by atoms with Crippen LogP contribution in [-0.2, 0) is 28.4 Å². The standard InChI is InChI=1S/C40H49N5O6S/c1-24(2)23-52(48,49)42-39(46)28-12-14-33-35(18-28)45-22-30(37-34(19-41-43(37)5)40(47)44-20-25(3)51-26(4)21-44)16-29-17-31(50-6)13-15-32(29)38(45)36(33)27-10-8-7-9-11-27/h12-19,24-27H,7-11,20-23H2,1-6H3,(H,42,46). The molecule has 11 nitrogen and oxygen atoms in total. The number of nitrogens with zero attached hydrogens (tertiary/aromatic N) is 4. The molecule has 2 aliphatic heterocycles. The van der Waals surface area contributed by atoms with E-state index in [4.69, 9.17) is 9.47 Å². The Hall–Kier alpha value is -4.42. The molecule has 4 heterocycles. The van der Waals surface area contributed by atoms with Crippen LogP contribution >= 0.6 is 0 Å². The van der Waals surface area contributed by atoms with Crippen LogP contribution in [-0.4, -0.2) is 77.6 Å². The van der Waals surface area contributed by atoms with Gasteiger partial charge in [-0.15, -0.1) is 0 Å². The van der Waals surface area contributed by atoms with Crippen LogP contribution in [0, 0.1) is 5.92 Å². The van der Waals surface area contributed by atoms with Crippen LogP contribution in [0.15, 0.2) is 42.6 Å². The number of fused-ring (bicyclic) bond motifs is 5. The van der Waals surface area contributed by atoms with Crippen LogP contribution in [0.25, 0.3) is 33.8 Å². The first-order valence-electron chi connectivity index (χ1n) is 18.4. The molecule has 2 unspecified atom stereocenters. The summed E-state index contributed by atoms with van der Waals surface area (Å²) < 4.78 is 43.6. The molecule has 0 radical (unpaired) electrons. The van der Waals surface area contributed by atoms with Crippen LogP contribution in [0.2, 0.25) is 0 Å². The normalized spacial score (nSPS) is 19.6. The van der Waals surface area contributed by atoms with E-state index in [0.29, 0.717) is 36.8 Å². The van der Waals surface area contributed by atoms with Crippen molar-refractivity contribution < 1.29 is 27.5 Å². The number of hydrogen-bond acceptors (Lipinski definition) is 7. The van der Waals surface area contributed by atoms with E-state index in [-0.39, 0.29) is 35.3 Å². The lowest BCUT2D eigenvalue weighted by molar-refractivity contribution is -0.0586. The Kier molecular flexibility index (Phi) is 9.81. The Morgan fingerprint density at radius 2 is 1.75 bits per heavy atom. The average Bonchev–Trinajstić information content (AvgIpc) is 3.58. The highest BCUT2D eigenvalue weighted by atomic mass is 32.2. The minimum Gasteiger partial charge on any atom is -0.497 e. The minimum atomic E-state index is -3.82. The topological polar surface area (TPSA) is 125 Å². The van der Waals surface area contributed by atoms with Gasteiger partial charge in [0.15, 0.2) is 0 Å². The van der Waals surface area contributed by atoms with Crippen molar-refractivity contribution in [2.24, 2.45) is 13.0 Å². The fourth-order valence-electron chi connectivity index (χ4n) is 8.50. The number of benzene rings is 2. The van der Waals surface area contributed by atoms with Crippen molar-refractivity contribution in [3.63, 3.8) is 0 Å². The fraction of sp³-hybridized carbons (Fsp3) is 0.475. The molecule has 0 bridgehead atoms. The molecule has 2 aromatic heterocycles. The Labute approximate surface area is 306 Å². The van der Waals surface area contributed by atoms with E-state index < -0.39 is 15.9 Å². The molecule has 2 fully saturated rings. The number of methoxy groups -OCH3 is 1. The number of allylic oxidation sites excluding steroid dienone is 1. The lowest BCUT2D eigenvalue weighted by Gasteiger charge is -2.35. The fourth-order valence-corrected chi connectivity index (χ4v) is 9.86. The molecule has 2 atom stereocenters. The summed E-state index contributed by atoms with van der Waals surface area (Å²) in [6, 6.07) is 11.7. The smallest absolute Gasteiger partial charge is 0.264 e. The largest absolute Gasteiger partial charge is 0.497 e. The molecular weight excluding hydrogens is 679 g/mol. The van der Waals surface area contributed by atoms with Gasteiger partial charge in [-0.05, 0) is 91.6 Å². The predicted molar refractivity (Wildman–Crippen MR) is 203 cm³/mol. The second-order valence-electron chi connectivity index (χ2n) is 15.1. The van der Waals surface area contributed by atoms with Crippen molar-refractivity contribution in [2.45, 2.75) is 84.5 Å². The number of aromatic nitrogens is 3. The van der Waals surface area contributed by atoms with Gasteiger partial charge in [0.05, 0.1) is 54.8 Å². The summed E-state index contributed by atoms with van der Waals surface area (Å²) in [7, 11) is -0.302. The number of amides is 2. The lowest BCUT2D eigenvalue weighted by atomic mass is 9.81. The maximum Gasteiger partial charge on any atom is 0.264 e. The number of rotatable bonds is 8. The van der Waals surface area contributed by atoms with Gasteiger partial charge in [-0.25, -0.2) is 13.1 Å². The summed E-state index contributed by atoms with van der Waals surface area (Å²) in [5.74, 6) is 0.0143. The van der Waals surface area contributed by atoms with Gasteiger partial charge in [-0.2, -0.15) is 5.10 Å². The molecule has 3 aliphatic rings. The third kappa shape index (κ3) is 6.90. The first-order valence-corrected chi connectivity index (χ1v) is 20.1. The summed E-state index contributed by atoms with van der Waals surface area (Å²) >= 11 is 0. The molecule has 0 spiro atoms. The van der Waals surface area contributed by atoms with Crippen LogP contribution in [0.3, 0.4) is 0 Å². The Morgan fingerprint density at radius 1 is 1.02 bits per heavy atom. The molecule has 52 heavy (non-hydrogen) atoms. The van der Waals surface area contributed by atoms with E-state index in [0.717, 1.165) is 64.7 Å². The van der Waals surface area contributed by atoms with Gasteiger partial charge in [-0.1, -0.05) is 39.2 Å². The number of ether oxygens (including phenoxy) is 2. The molecule has 2 aromatic carbocycles. The maximum atomic E-state index is 14.2. The number of nitrogens with one attached hydrogen (secondary N) is 1. The van der Waals surface area contributed by atoms with Crippen molar-refractivity contribution in [3.8, 4) is 17.0 Å². The SMILES string of the molecule is COc1ccc2c(c1)C=C(c1c(C(=O)N3CC(C)OC(C)C3)cnn1C)Cn1c-2c(C2CCCCC2)c2ccc(C(=O)NS(=O)(=O)CC(C)C)cc21. The number of carbonyl (C=O) groups excluding carboxylic acids is 2. The van der Waals surface area contributed by atoms with Crippen LogP contribution in [0.1, 0.15) is 103 Å². The van der Waals surface area contributed by atoms with E-state index in [9.17, 15) is 18.0 Å². The Bertz CT molecular complexity index is 2160. The predicted octanol–water partition coefficient (Wildman–Crippen LogP) is 6.62. The first kappa shape index (κ1) is 36.0. The number of hydrogen-bond donors (Lipinski definition) is 1. The zero-order valence-corrected chi connectivity index (χ0v) is 31.8. The summed E-state index contributed by atoms with van der Waals surface area (Å²) in [4.78, 5) is 29.6. The zero-order chi connectivity index (χ0) is 36.9. The van der Waals surface area contributed by atoms with Gasteiger partial charge in [0, 0.05) is 42.2 Å². The quantitative estimate of drug-likeness (QED) is 0.217. The highest BCUT2D eigenvalue weighted by molar-refractivity contribution is 7.90. The molecule has 1 saturated carbocycles. The second kappa shape index (κ2) is 14.2. The molecule has 1 saturated heterocycles. The number of carbonyl (C=O) groups is 2. The van der Waals surface area contributed by atoms with Crippen molar-refractivity contribution >= 4 is 44.4 Å². The molecule has 4 aromatic rings. The molecule has 1 aliphatic carbocycles. The summed E-state index contributed by atoms with van der Waals surface area (Å²) in [5.41, 5.74) is 7.53. The molecule has 2 amide bonds. The highest BCUT2D eigenvalue weighted by Crippen LogP contribution is 2.48. The third-order valence-electron chi connectivity index (χ3n) is 10.5. The molecule has 7 rings (SSSR count). The monoisotopic (exact) mass is 727 g/mol. The van der Waals surface area contributed by atoms with E-state index in [1.165, 1.54) is 12.0 Å². The van der Waals surface area contributed by atoms with Crippen molar-refractivity contribution in [2.75, 3.05) is 26.0 Å². The van der Waals surface area contributed by atoms with Crippen molar-refractivity contribution in [3.05, 3.63) is 70.5 Å². The Balaban J connectivity index is 1.42. The van der Waals surface area contributed by atoms with Crippen LogP contribution < -0.4 is 9.46 Å². The molecule has 1 N–H and O–H groups in total. The van der Waals surface area contributed by atoms with Crippen molar-refractivity contribution in [1.29, 1.82) is 0 Å². The molecule has 12 heteroatoms. The molecule has 276 valence electrons. The lowest BCUT2D eigenvalue weighted by Crippen LogP contribution is -2.48. The van der Waals surface area contributed by atoms with Crippen LogP contribution in [0.5, 0.6) is 5.75 Å². The first-order chi connectivity index (χ1) is 24.8. The number of sulfonamides is 1. The zero-order valence-electron chi connectivity index (χ0n) is 30.9. The summed E-state index contributed by atoms with van der Waals surface area (Å²) in [6.07, 6.45) is 9.24. The summed E-state index contributed by atoms with van der Waals surface area (Å²) in [6.45, 7) is 8.95. The average molecular weight is 728 g/mol. The third-order valence-corrected chi connectivity index (χ3v) is 12.1. The number of morpholine rings is 1. The Morgan fingerprint density at radius 3 is 2.44 bits per heavy atom. The van der Waals surface area contributed by atoms with Crippen LogP contribution in [0.4, 0.5) is 0 Å². The second-order valence-corrected chi connectivity index (χ2v) is 16.9. The maximum absolute atomic E-state index is 14.2. The van der Waals surface area contributed by atoms with E-state index in [1.54, 1.807) is 37.9 Å². The summed E-state index contributed by atoms with van der Waals surface area (Å²) in [5, 5.41) is 5.65. The van der Waals surface area contributed by atoms with Gasteiger partial charge in [0.1, 0.15) is 5.75 Å². The molecular formula is C40H49N5O6S. The van der Waals surface area contributed by atoms with E-state index in [2.05, 4.69) is 26.5 Å². The van der Waals surface area contributed by atoms with Crippen molar-refractivity contribution in [1.82, 2.24) is 24.0 Å².